The van der Waals surface area contributed by atoms with E-state index in [2.05, 4.69) is 14.7 Å². The molecule has 1 N–H and O–H groups in total. The zero-order valence-corrected chi connectivity index (χ0v) is 13.8. The summed E-state index contributed by atoms with van der Waals surface area (Å²) in [6, 6.07) is 3.12. The van der Waals surface area contributed by atoms with Crippen molar-refractivity contribution in [2.75, 3.05) is 0 Å². The van der Waals surface area contributed by atoms with Gasteiger partial charge in [0.1, 0.15) is 16.8 Å². The molecule has 3 heterocycles. The zero-order valence-electron chi connectivity index (χ0n) is 12.9. The zero-order chi connectivity index (χ0) is 16.6. The van der Waals surface area contributed by atoms with E-state index in [1.807, 2.05) is 23.8 Å². The lowest BCUT2D eigenvalue weighted by Crippen LogP contribution is -2.40. The average Bonchev–Trinajstić information content (AvgIpc) is 2.86. The van der Waals surface area contributed by atoms with Gasteiger partial charge in [-0.05, 0) is 26.3 Å². The number of hydrogen-bond acceptors (Lipinski definition) is 5. The average molecular weight is 331 g/mol. The van der Waals surface area contributed by atoms with Crippen LogP contribution in [0, 0.1) is 25.2 Å². The first-order valence-corrected chi connectivity index (χ1v) is 8.79. The van der Waals surface area contributed by atoms with Gasteiger partial charge in [0.15, 0.2) is 0 Å². The molecule has 0 unspecified atom stereocenters. The maximum absolute atomic E-state index is 12.5. The summed E-state index contributed by atoms with van der Waals surface area (Å²) in [4.78, 5) is 8.42. The van der Waals surface area contributed by atoms with E-state index in [-0.39, 0.29) is 16.5 Å². The first kappa shape index (κ1) is 15.6. The van der Waals surface area contributed by atoms with Gasteiger partial charge >= 0.3 is 0 Å². The van der Waals surface area contributed by atoms with E-state index in [4.69, 9.17) is 5.26 Å². The third-order valence-corrected chi connectivity index (χ3v) is 5.41. The highest BCUT2D eigenvalue weighted by atomic mass is 32.2. The topological polar surface area (TPSA) is 101 Å². The van der Waals surface area contributed by atoms with Crippen molar-refractivity contribution >= 4 is 10.0 Å². The van der Waals surface area contributed by atoms with Gasteiger partial charge in [0.25, 0.3) is 0 Å². The molecule has 2 aromatic rings. The van der Waals surface area contributed by atoms with Gasteiger partial charge < -0.3 is 4.57 Å². The summed E-state index contributed by atoms with van der Waals surface area (Å²) in [6.07, 6.45) is 4.64. The number of aryl methyl sites for hydroxylation is 3. The fourth-order valence-electron chi connectivity index (χ4n) is 2.74. The molecule has 23 heavy (non-hydrogen) atoms. The van der Waals surface area contributed by atoms with Crippen molar-refractivity contribution in [2.24, 2.45) is 0 Å². The van der Waals surface area contributed by atoms with Crippen LogP contribution in [-0.4, -0.2) is 29.0 Å². The molecule has 0 aliphatic carbocycles. The Labute approximate surface area is 135 Å². The molecule has 0 bridgehead atoms. The quantitative estimate of drug-likeness (QED) is 0.906. The van der Waals surface area contributed by atoms with E-state index in [1.165, 1.54) is 12.3 Å². The summed E-state index contributed by atoms with van der Waals surface area (Å²) in [5.74, 6) is 0.988. The number of imidazole rings is 1. The van der Waals surface area contributed by atoms with Crippen LogP contribution in [0.3, 0.4) is 0 Å². The number of sulfonamides is 1. The molecule has 3 rings (SSSR count). The molecule has 0 fully saturated rings. The third kappa shape index (κ3) is 3.11. The third-order valence-electron chi connectivity index (χ3n) is 3.93. The van der Waals surface area contributed by atoms with E-state index in [0.717, 1.165) is 17.9 Å². The Bertz CT molecular complexity index is 895. The van der Waals surface area contributed by atoms with Crippen LogP contribution < -0.4 is 4.72 Å². The minimum absolute atomic E-state index is 0.0206. The largest absolute Gasteiger partial charge is 0.333 e. The summed E-state index contributed by atoms with van der Waals surface area (Å²) >= 11 is 0. The van der Waals surface area contributed by atoms with Gasteiger partial charge in [-0.25, -0.2) is 18.1 Å². The highest BCUT2D eigenvalue weighted by molar-refractivity contribution is 7.89. The maximum atomic E-state index is 12.5. The number of hydrogen-bond donors (Lipinski definition) is 1. The van der Waals surface area contributed by atoms with Gasteiger partial charge in [0.05, 0.1) is 17.0 Å². The Morgan fingerprint density at radius 3 is 2.96 bits per heavy atom. The Morgan fingerprint density at radius 1 is 1.43 bits per heavy atom. The highest BCUT2D eigenvalue weighted by Gasteiger charge is 2.25. The molecule has 120 valence electrons. The Hall–Kier alpha value is -2.24. The first-order valence-electron chi connectivity index (χ1n) is 7.31. The van der Waals surface area contributed by atoms with Crippen LogP contribution in [0.15, 0.2) is 23.4 Å². The molecule has 7 nitrogen and oxygen atoms in total. The molecule has 1 atom stereocenters. The van der Waals surface area contributed by atoms with Crippen molar-refractivity contribution in [1.82, 2.24) is 19.3 Å². The van der Waals surface area contributed by atoms with Crippen molar-refractivity contribution in [2.45, 2.75) is 44.2 Å². The fraction of sp³-hybridized carbons (Fsp3) is 0.400. The summed E-state index contributed by atoms with van der Waals surface area (Å²) in [5, 5.41) is 9.03. The minimum Gasteiger partial charge on any atom is -0.333 e. The molecule has 2 aromatic heterocycles. The smallest absolute Gasteiger partial charge is 0.242 e. The van der Waals surface area contributed by atoms with E-state index >= 15 is 0 Å². The molecule has 0 amide bonds. The van der Waals surface area contributed by atoms with Crippen LogP contribution in [0.25, 0.3) is 0 Å². The van der Waals surface area contributed by atoms with Crippen LogP contribution in [0.1, 0.15) is 29.2 Å². The van der Waals surface area contributed by atoms with Crippen molar-refractivity contribution in [1.29, 1.82) is 5.26 Å². The highest BCUT2D eigenvalue weighted by Crippen LogP contribution is 2.18. The summed E-state index contributed by atoms with van der Waals surface area (Å²) in [7, 11) is -3.70. The second-order valence-corrected chi connectivity index (χ2v) is 7.44. The number of pyridine rings is 1. The molecule has 0 aromatic carbocycles. The Balaban J connectivity index is 1.81. The molecule has 8 heteroatoms. The fourth-order valence-corrected chi connectivity index (χ4v) is 3.98. The van der Waals surface area contributed by atoms with Gasteiger partial charge in [-0.15, -0.1) is 0 Å². The van der Waals surface area contributed by atoms with Gasteiger partial charge in [-0.3, -0.25) is 4.98 Å². The van der Waals surface area contributed by atoms with Gasteiger partial charge in [0, 0.05) is 31.4 Å². The van der Waals surface area contributed by atoms with Crippen molar-refractivity contribution in [3.63, 3.8) is 0 Å². The summed E-state index contributed by atoms with van der Waals surface area (Å²) in [5.41, 5.74) is 1.72. The second kappa shape index (κ2) is 5.76. The van der Waals surface area contributed by atoms with Crippen LogP contribution in [-0.2, 0) is 23.0 Å². The van der Waals surface area contributed by atoms with E-state index < -0.39 is 10.0 Å². The first-order chi connectivity index (χ1) is 10.9. The van der Waals surface area contributed by atoms with Crippen LogP contribution >= 0.6 is 0 Å². The summed E-state index contributed by atoms with van der Waals surface area (Å²) < 4.78 is 29.7. The number of rotatable bonds is 3. The van der Waals surface area contributed by atoms with Gasteiger partial charge in [0.2, 0.25) is 10.0 Å². The maximum Gasteiger partial charge on any atom is 0.242 e. The van der Waals surface area contributed by atoms with Crippen LogP contribution in [0.4, 0.5) is 0 Å². The second-order valence-electron chi connectivity index (χ2n) is 5.72. The Kier molecular flexibility index (Phi) is 3.92. The molecule has 0 radical (unpaired) electrons. The minimum atomic E-state index is -3.70. The Morgan fingerprint density at radius 2 is 2.22 bits per heavy atom. The molecular formula is C15H17N5O2S. The van der Waals surface area contributed by atoms with E-state index in [9.17, 15) is 8.42 Å². The molecule has 1 aliphatic heterocycles. The lowest BCUT2D eigenvalue weighted by atomic mass is 10.1. The van der Waals surface area contributed by atoms with Crippen molar-refractivity contribution < 1.29 is 8.42 Å². The lowest BCUT2D eigenvalue weighted by molar-refractivity contribution is 0.421. The molecule has 1 aliphatic rings. The van der Waals surface area contributed by atoms with E-state index in [1.54, 1.807) is 6.92 Å². The van der Waals surface area contributed by atoms with Crippen LogP contribution in [0.2, 0.25) is 0 Å². The molecule has 0 spiro atoms. The van der Waals surface area contributed by atoms with E-state index in [0.29, 0.717) is 18.7 Å². The predicted octanol–water partition coefficient (Wildman–Crippen LogP) is 1.06. The standard InChI is InChI=1S/C15H17N5O2S/c1-10-8-20-9-13(3-4-15(20)18-10)19-23(21,22)14-5-12(6-16)11(2)17-7-14/h5,7-8,13,19H,3-4,9H2,1-2H3/t13-/m0/s1. The monoisotopic (exact) mass is 331 g/mol. The lowest BCUT2D eigenvalue weighted by Gasteiger charge is -2.24. The molecule has 0 saturated heterocycles. The number of nitrogens with zero attached hydrogens (tertiary/aromatic N) is 4. The summed E-state index contributed by atoms with van der Waals surface area (Å²) in [6.45, 7) is 4.15. The molecule has 0 saturated carbocycles. The number of fused-ring (bicyclic) bond motifs is 1. The predicted molar refractivity (Wildman–Crippen MR) is 83.1 cm³/mol. The van der Waals surface area contributed by atoms with Gasteiger partial charge in [-0.1, -0.05) is 0 Å². The van der Waals surface area contributed by atoms with Crippen LogP contribution in [0.5, 0.6) is 0 Å². The van der Waals surface area contributed by atoms with Gasteiger partial charge in [-0.2, -0.15) is 5.26 Å². The number of aromatic nitrogens is 3. The SMILES string of the molecule is Cc1cn2c(n1)CC[C@H](NS(=O)(=O)c1cnc(C)c(C#N)c1)C2. The van der Waals surface area contributed by atoms with Crippen molar-refractivity contribution in [3.05, 3.63) is 41.2 Å². The number of nitriles is 1. The van der Waals surface area contributed by atoms with Crippen molar-refractivity contribution in [3.8, 4) is 6.07 Å². The number of nitrogens with one attached hydrogen (secondary N) is 1. The normalized spacial score (nSPS) is 17.5. The molecular weight excluding hydrogens is 314 g/mol.